The smallest absolute Gasteiger partial charge is 0.0716 e. The highest BCUT2D eigenvalue weighted by atomic mass is 14.7. The van der Waals surface area contributed by atoms with Crippen molar-refractivity contribution in [3.05, 3.63) is 91.0 Å². The highest BCUT2D eigenvalue weighted by Crippen LogP contribution is 2.27. The third-order valence-electron chi connectivity index (χ3n) is 4.49. The van der Waals surface area contributed by atoms with Gasteiger partial charge < -0.3 is 0 Å². The van der Waals surface area contributed by atoms with Gasteiger partial charge in [0.2, 0.25) is 0 Å². The summed E-state index contributed by atoms with van der Waals surface area (Å²) in [5.41, 5.74) is 3.01. The zero-order valence-corrected chi connectivity index (χ0v) is 13.0. The maximum Gasteiger partial charge on any atom is 0.0716 e. The van der Waals surface area contributed by atoms with Crippen molar-refractivity contribution in [2.24, 2.45) is 0 Å². The lowest BCUT2D eigenvalue weighted by atomic mass is 10.0. The molecule has 4 aromatic carbocycles. The van der Waals surface area contributed by atoms with E-state index in [9.17, 15) is 0 Å². The van der Waals surface area contributed by atoms with E-state index in [1.807, 2.05) is 18.2 Å². The zero-order valence-electron chi connectivity index (χ0n) is 13.0. The maximum atomic E-state index is 4.78. The van der Waals surface area contributed by atoms with Crippen LogP contribution in [0, 0.1) is 6.07 Å². The summed E-state index contributed by atoms with van der Waals surface area (Å²) in [6, 6.07) is 33.0. The fraction of sp³-hybridized carbons (Fsp3) is 0. The standard InChI is InChI=1S/C23H14N/c1-2-7-18-14-21-15-20(10-9-19(21)13-17(18)6-1)23-12-11-16-5-3-4-8-22(16)24-23/h1-14H. The Hall–Kier alpha value is -3.19. The van der Waals surface area contributed by atoms with Gasteiger partial charge >= 0.3 is 0 Å². The quantitative estimate of drug-likeness (QED) is 0.346. The van der Waals surface area contributed by atoms with E-state index in [0.717, 1.165) is 27.5 Å². The number of hydrogen-bond acceptors (Lipinski definition) is 1. The predicted octanol–water partition coefficient (Wildman–Crippen LogP) is 6.01. The van der Waals surface area contributed by atoms with E-state index in [-0.39, 0.29) is 0 Å². The number of nitrogens with zero attached hydrogens (tertiary/aromatic N) is 1. The molecule has 1 heterocycles. The van der Waals surface area contributed by atoms with Crippen molar-refractivity contribution in [2.45, 2.75) is 0 Å². The Morgan fingerprint density at radius 3 is 2.17 bits per heavy atom. The molecule has 0 aliphatic rings. The summed E-state index contributed by atoms with van der Waals surface area (Å²) in [6.45, 7) is 0. The molecule has 5 rings (SSSR count). The van der Waals surface area contributed by atoms with Gasteiger partial charge in [0.1, 0.15) is 0 Å². The van der Waals surface area contributed by atoms with Crippen molar-refractivity contribution >= 4 is 32.4 Å². The lowest BCUT2D eigenvalue weighted by molar-refractivity contribution is 1.40. The van der Waals surface area contributed by atoms with E-state index in [1.54, 1.807) is 0 Å². The normalized spacial score (nSPS) is 11.3. The summed E-state index contributed by atoms with van der Waals surface area (Å²) in [7, 11) is 0. The molecular weight excluding hydrogens is 290 g/mol. The molecule has 0 fully saturated rings. The fourth-order valence-electron chi connectivity index (χ4n) is 3.23. The van der Waals surface area contributed by atoms with Gasteiger partial charge in [-0.1, -0.05) is 60.7 Å². The number of para-hydroxylation sites is 1. The first-order valence-corrected chi connectivity index (χ1v) is 8.08. The zero-order chi connectivity index (χ0) is 15.9. The van der Waals surface area contributed by atoms with E-state index in [0.29, 0.717) is 0 Å². The molecule has 1 radical (unpaired) electrons. The number of rotatable bonds is 1. The fourth-order valence-corrected chi connectivity index (χ4v) is 3.23. The molecule has 1 aromatic heterocycles. The minimum Gasteiger partial charge on any atom is -0.248 e. The van der Waals surface area contributed by atoms with Gasteiger partial charge in [0.05, 0.1) is 11.2 Å². The molecule has 111 valence electrons. The summed E-state index contributed by atoms with van der Waals surface area (Å²) < 4.78 is 0. The van der Waals surface area contributed by atoms with Crippen LogP contribution in [0.1, 0.15) is 0 Å². The van der Waals surface area contributed by atoms with Crippen LogP contribution in [0.15, 0.2) is 84.9 Å². The molecule has 0 amide bonds. The van der Waals surface area contributed by atoms with Crippen LogP contribution in [0.3, 0.4) is 0 Å². The molecule has 1 heteroatoms. The predicted molar refractivity (Wildman–Crippen MR) is 101 cm³/mol. The highest BCUT2D eigenvalue weighted by molar-refractivity contribution is 5.99. The Bertz CT molecular complexity index is 1200. The monoisotopic (exact) mass is 304 g/mol. The minimum atomic E-state index is 0.962. The van der Waals surface area contributed by atoms with Gasteiger partial charge in [0.15, 0.2) is 0 Å². The number of pyridine rings is 1. The second-order valence-electron chi connectivity index (χ2n) is 6.05. The van der Waals surface area contributed by atoms with Crippen molar-refractivity contribution in [3.63, 3.8) is 0 Å². The van der Waals surface area contributed by atoms with E-state index in [1.165, 1.54) is 16.2 Å². The second-order valence-corrected chi connectivity index (χ2v) is 6.05. The Labute approximate surface area is 140 Å². The Morgan fingerprint density at radius 2 is 1.29 bits per heavy atom. The van der Waals surface area contributed by atoms with E-state index in [2.05, 4.69) is 72.8 Å². The van der Waals surface area contributed by atoms with Crippen LogP contribution in [0.25, 0.3) is 43.7 Å². The SMILES string of the molecule is [c]1c(-c2ccc3ccccc3n2)ccc2cc3ccccc3cc12. The van der Waals surface area contributed by atoms with Gasteiger partial charge in [-0.05, 0) is 45.8 Å². The summed E-state index contributed by atoms with van der Waals surface area (Å²) in [6.07, 6.45) is 0. The summed E-state index contributed by atoms with van der Waals surface area (Å²) in [4.78, 5) is 4.78. The molecule has 0 spiro atoms. The first-order chi connectivity index (χ1) is 11.9. The van der Waals surface area contributed by atoms with Gasteiger partial charge in [0.25, 0.3) is 0 Å². The van der Waals surface area contributed by atoms with Gasteiger partial charge in [-0.3, -0.25) is 0 Å². The van der Waals surface area contributed by atoms with Crippen LogP contribution in [0.2, 0.25) is 0 Å². The van der Waals surface area contributed by atoms with Gasteiger partial charge in [-0.25, -0.2) is 4.98 Å². The molecule has 5 aromatic rings. The van der Waals surface area contributed by atoms with E-state index >= 15 is 0 Å². The molecular formula is C23H14N. The average Bonchev–Trinajstić information content (AvgIpc) is 2.65. The van der Waals surface area contributed by atoms with Gasteiger partial charge in [0, 0.05) is 17.0 Å². The molecule has 24 heavy (non-hydrogen) atoms. The number of aromatic nitrogens is 1. The van der Waals surface area contributed by atoms with Crippen LogP contribution in [-0.2, 0) is 0 Å². The Balaban J connectivity index is 1.71. The third-order valence-corrected chi connectivity index (χ3v) is 4.49. The van der Waals surface area contributed by atoms with Crippen LogP contribution < -0.4 is 0 Å². The first-order valence-electron chi connectivity index (χ1n) is 8.08. The molecule has 0 aliphatic carbocycles. The average molecular weight is 304 g/mol. The number of fused-ring (bicyclic) bond motifs is 3. The third kappa shape index (κ3) is 2.14. The molecule has 0 saturated heterocycles. The van der Waals surface area contributed by atoms with E-state index in [4.69, 9.17) is 4.98 Å². The summed E-state index contributed by atoms with van der Waals surface area (Å²) in [5, 5.41) is 5.99. The van der Waals surface area contributed by atoms with Crippen molar-refractivity contribution in [3.8, 4) is 11.3 Å². The maximum absolute atomic E-state index is 4.78. The molecule has 0 N–H and O–H groups in total. The van der Waals surface area contributed by atoms with Crippen molar-refractivity contribution < 1.29 is 0 Å². The number of hydrogen-bond donors (Lipinski definition) is 0. The van der Waals surface area contributed by atoms with Crippen LogP contribution in [0.5, 0.6) is 0 Å². The highest BCUT2D eigenvalue weighted by Gasteiger charge is 2.04. The molecule has 0 saturated carbocycles. The van der Waals surface area contributed by atoms with Crippen LogP contribution in [0.4, 0.5) is 0 Å². The molecule has 1 nitrogen and oxygen atoms in total. The molecule has 0 aliphatic heterocycles. The van der Waals surface area contributed by atoms with Crippen molar-refractivity contribution in [1.82, 2.24) is 4.98 Å². The van der Waals surface area contributed by atoms with Crippen molar-refractivity contribution in [1.29, 1.82) is 0 Å². The number of benzene rings is 4. The molecule has 0 bridgehead atoms. The van der Waals surface area contributed by atoms with Crippen molar-refractivity contribution in [2.75, 3.05) is 0 Å². The minimum absolute atomic E-state index is 0.962. The Morgan fingerprint density at radius 1 is 0.583 bits per heavy atom. The summed E-state index contributed by atoms with van der Waals surface area (Å²) >= 11 is 0. The lowest BCUT2D eigenvalue weighted by Crippen LogP contribution is -1.86. The topological polar surface area (TPSA) is 12.9 Å². The van der Waals surface area contributed by atoms with Crippen LogP contribution >= 0.6 is 0 Å². The summed E-state index contributed by atoms with van der Waals surface area (Å²) in [5.74, 6) is 0. The molecule has 0 unspecified atom stereocenters. The van der Waals surface area contributed by atoms with Gasteiger partial charge in [-0.2, -0.15) is 0 Å². The van der Waals surface area contributed by atoms with Gasteiger partial charge in [-0.15, -0.1) is 0 Å². The lowest BCUT2D eigenvalue weighted by Gasteiger charge is -2.06. The first kappa shape index (κ1) is 13.3. The second kappa shape index (κ2) is 5.17. The Kier molecular flexibility index (Phi) is 2.86. The largest absolute Gasteiger partial charge is 0.248 e. The molecule has 0 atom stereocenters. The van der Waals surface area contributed by atoms with Crippen LogP contribution in [-0.4, -0.2) is 4.98 Å². The van der Waals surface area contributed by atoms with E-state index < -0.39 is 0 Å².